The lowest BCUT2D eigenvalue weighted by Crippen LogP contribution is -2.30. The first kappa shape index (κ1) is 19.4. The molecule has 0 aliphatic carbocycles. The number of hydrogen-bond acceptors (Lipinski definition) is 4. The maximum Gasteiger partial charge on any atom is 0.337 e. The molecule has 0 saturated carbocycles. The number of nitrogens with one attached hydrogen (secondary N) is 1. The van der Waals surface area contributed by atoms with Crippen molar-refractivity contribution in [3.8, 4) is 0 Å². The highest BCUT2D eigenvalue weighted by molar-refractivity contribution is 7.88. The van der Waals surface area contributed by atoms with Crippen LogP contribution in [0.1, 0.15) is 33.9 Å². The first-order chi connectivity index (χ1) is 11.9. The number of carbonyl (C=O) groups excluding carboxylic acids is 1. The minimum absolute atomic E-state index is 0.180. The van der Waals surface area contributed by atoms with Gasteiger partial charge in [0.15, 0.2) is 0 Å². The van der Waals surface area contributed by atoms with E-state index in [4.69, 9.17) is 11.6 Å². The second kappa shape index (κ2) is 8.99. The fourth-order valence-corrected chi connectivity index (χ4v) is 4.04. The number of ether oxygens (including phenoxy) is 1. The molecule has 2 aromatic rings. The Kier molecular flexibility index (Phi) is 6.99. The van der Waals surface area contributed by atoms with Gasteiger partial charge in [0, 0.05) is 11.9 Å². The van der Waals surface area contributed by atoms with Crippen molar-refractivity contribution < 1.29 is 17.9 Å². The Hall–Kier alpha value is -1.89. The second-order valence-electron chi connectivity index (χ2n) is 5.51. The van der Waals surface area contributed by atoms with Gasteiger partial charge in [-0.3, -0.25) is 0 Å². The molecule has 1 atom stereocenters. The van der Waals surface area contributed by atoms with E-state index in [-0.39, 0.29) is 11.8 Å². The molecule has 0 fully saturated rings. The predicted octanol–water partition coefficient (Wildman–Crippen LogP) is 3.26. The molecule has 0 aliphatic heterocycles. The predicted molar refractivity (Wildman–Crippen MR) is 98.1 cm³/mol. The van der Waals surface area contributed by atoms with Crippen LogP contribution in [0.25, 0.3) is 0 Å². The van der Waals surface area contributed by atoms with Crippen LogP contribution in [0.15, 0.2) is 54.6 Å². The zero-order chi connectivity index (χ0) is 18.3. The van der Waals surface area contributed by atoms with Crippen LogP contribution in [0.4, 0.5) is 0 Å². The number of rotatable bonds is 8. The molecule has 2 rings (SSSR count). The Balaban J connectivity index is 2.10. The molecule has 0 amide bonds. The average Bonchev–Trinajstić information content (AvgIpc) is 2.61. The molecular formula is C18H20ClNO4S. The lowest BCUT2D eigenvalue weighted by Gasteiger charge is -2.18. The van der Waals surface area contributed by atoms with Crippen molar-refractivity contribution in [3.63, 3.8) is 0 Å². The van der Waals surface area contributed by atoms with Crippen LogP contribution in [0.5, 0.6) is 0 Å². The van der Waals surface area contributed by atoms with Crippen LogP contribution >= 0.6 is 11.6 Å². The number of esters is 1. The summed E-state index contributed by atoms with van der Waals surface area (Å²) in [7, 11) is -2.27. The quantitative estimate of drug-likeness (QED) is 0.562. The van der Waals surface area contributed by atoms with Crippen molar-refractivity contribution >= 4 is 27.6 Å². The highest BCUT2D eigenvalue weighted by Crippen LogP contribution is 2.19. The molecule has 0 saturated heterocycles. The third-order valence-electron chi connectivity index (χ3n) is 3.65. The van der Waals surface area contributed by atoms with Gasteiger partial charge in [0.25, 0.3) is 0 Å². The van der Waals surface area contributed by atoms with Crippen LogP contribution in [0.3, 0.4) is 0 Å². The standard InChI is InChI=1S/C18H20ClNO4S/c1-24-18(21)16-9-7-14(8-10-16)13-25(22,23)20-17(11-12-19)15-5-3-2-4-6-15/h2-10,17,20H,11-13H2,1H3. The van der Waals surface area contributed by atoms with E-state index in [1.807, 2.05) is 30.3 Å². The van der Waals surface area contributed by atoms with Gasteiger partial charge >= 0.3 is 5.97 Å². The lowest BCUT2D eigenvalue weighted by atomic mass is 10.1. The lowest BCUT2D eigenvalue weighted by molar-refractivity contribution is 0.0600. The van der Waals surface area contributed by atoms with Crippen LogP contribution < -0.4 is 4.72 Å². The molecule has 0 aromatic heterocycles. The molecule has 25 heavy (non-hydrogen) atoms. The third kappa shape index (κ3) is 5.85. The number of halogens is 1. The molecule has 0 heterocycles. The van der Waals surface area contributed by atoms with Crippen molar-refractivity contribution in [3.05, 3.63) is 71.3 Å². The molecule has 0 radical (unpaired) electrons. The van der Waals surface area contributed by atoms with Crippen LogP contribution in [-0.2, 0) is 20.5 Å². The van der Waals surface area contributed by atoms with E-state index in [0.29, 0.717) is 23.4 Å². The number of carbonyl (C=O) groups is 1. The summed E-state index contributed by atoms with van der Waals surface area (Å²) in [6, 6.07) is 15.2. The van der Waals surface area contributed by atoms with Crippen LogP contribution in [0.2, 0.25) is 0 Å². The molecule has 0 aliphatic rings. The Morgan fingerprint density at radius 3 is 2.32 bits per heavy atom. The molecule has 1 N–H and O–H groups in total. The molecular weight excluding hydrogens is 362 g/mol. The van der Waals surface area contributed by atoms with Gasteiger partial charge in [-0.1, -0.05) is 42.5 Å². The van der Waals surface area contributed by atoms with Crippen molar-refractivity contribution in [1.82, 2.24) is 4.72 Å². The minimum Gasteiger partial charge on any atom is -0.465 e. The molecule has 7 heteroatoms. The van der Waals surface area contributed by atoms with Crippen molar-refractivity contribution in [2.24, 2.45) is 0 Å². The normalized spacial score (nSPS) is 12.6. The van der Waals surface area contributed by atoms with Gasteiger partial charge in [-0.25, -0.2) is 17.9 Å². The van der Waals surface area contributed by atoms with E-state index in [1.165, 1.54) is 7.11 Å². The summed E-state index contributed by atoms with van der Waals surface area (Å²) in [5, 5.41) is 0. The van der Waals surface area contributed by atoms with Gasteiger partial charge in [-0.15, -0.1) is 11.6 Å². The highest BCUT2D eigenvalue weighted by atomic mass is 35.5. The van der Waals surface area contributed by atoms with E-state index >= 15 is 0 Å². The summed E-state index contributed by atoms with van der Waals surface area (Å²) in [5.74, 6) is -0.297. The summed E-state index contributed by atoms with van der Waals surface area (Å²) in [5.41, 5.74) is 1.83. The van der Waals surface area contributed by atoms with Crippen LogP contribution in [-0.4, -0.2) is 27.4 Å². The number of benzene rings is 2. The monoisotopic (exact) mass is 381 g/mol. The zero-order valence-electron chi connectivity index (χ0n) is 13.8. The van der Waals surface area contributed by atoms with Crippen molar-refractivity contribution in [1.29, 1.82) is 0 Å². The molecule has 0 spiro atoms. The summed E-state index contributed by atoms with van der Waals surface area (Å²) in [6.45, 7) is 0. The van der Waals surface area contributed by atoms with Gasteiger partial charge in [0.1, 0.15) is 0 Å². The van der Waals surface area contributed by atoms with Gasteiger partial charge in [0.2, 0.25) is 10.0 Å². The summed E-state index contributed by atoms with van der Waals surface area (Å²) in [4.78, 5) is 11.4. The number of methoxy groups -OCH3 is 1. The van der Waals surface area contributed by atoms with Gasteiger partial charge in [0.05, 0.1) is 18.4 Å². The largest absolute Gasteiger partial charge is 0.465 e. The first-order valence-electron chi connectivity index (χ1n) is 7.73. The number of alkyl halides is 1. The van der Waals surface area contributed by atoms with Gasteiger partial charge < -0.3 is 4.74 Å². The summed E-state index contributed by atoms with van der Waals surface area (Å²) >= 11 is 5.82. The second-order valence-corrected chi connectivity index (χ2v) is 7.64. The topological polar surface area (TPSA) is 72.5 Å². The molecule has 1 unspecified atom stereocenters. The molecule has 2 aromatic carbocycles. The summed E-state index contributed by atoms with van der Waals surface area (Å²) < 4.78 is 32.3. The average molecular weight is 382 g/mol. The van der Waals surface area contributed by atoms with Gasteiger partial charge in [-0.2, -0.15) is 0 Å². The van der Waals surface area contributed by atoms with E-state index in [2.05, 4.69) is 9.46 Å². The maximum absolute atomic E-state index is 12.5. The molecule has 5 nitrogen and oxygen atoms in total. The number of hydrogen-bond donors (Lipinski definition) is 1. The Morgan fingerprint density at radius 2 is 1.76 bits per heavy atom. The Morgan fingerprint density at radius 1 is 1.12 bits per heavy atom. The van der Waals surface area contributed by atoms with E-state index < -0.39 is 16.0 Å². The maximum atomic E-state index is 12.5. The summed E-state index contributed by atoms with van der Waals surface area (Å²) in [6.07, 6.45) is 0.492. The highest BCUT2D eigenvalue weighted by Gasteiger charge is 2.19. The molecule has 0 bridgehead atoms. The smallest absolute Gasteiger partial charge is 0.337 e. The van der Waals surface area contributed by atoms with Crippen molar-refractivity contribution in [2.75, 3.05) is 13.0 Å². The first-order valence-corrected chi connectivity index (χ1v) is 9.92. The minimum atomic E-state index is -3.57. The molecule has 134 valence electrons. The third-order valence-corrected chi connectivity index (χ3v) is 5.23. The Labute approximate surface area is 153 Å². The van der Waals surface area contributed by atoms with E-state index in [9.17, 15) is 13.2 Å². The SMILES string of the molecule is COC(=O)c1ccc(CS(=O)(=O)NC(CCCl)c2ccccc2)cc1. The van der Waals surface area contributed by atoms with Crippen molar-refractivity contribution in [2.45, 2.75) is 18.2 Å². The zero-order valence-corrected chi connectivity index (χ0v) is 15.4. The Bertz CT molecular complexity index is 792. The van der Waals surface area contributed by atoms with Crippen LogP contribution in [0, 0.1) is 0 Å². The fourth-order valence-electron chi connectivity index (χ4n) is 2.42. The fraction of sp³-hybridized carbons (Fsp3) is 0.278. The van der Waals surface area contributed by atoms with Gasteiger partial charge in [-0.05, 0) is 29.7 Å². The number of sulfonamides is 1. The van der Waals surface area contributed by atoms with E-state index in [1.54, 1.807) is 24.3 Å². The van der Waals surface area contributed by atoms with E-state index in [0.717, 1.165) is 5.56 Å².